The number of aliphatic hydroxyl groups excluding tert-OH is 1. The van der Waals surface area contributed by atoms with Crippen molar-refractivity contribution in [2.45, 2.75) is 18.1 Å². The zero-order valence-electron chi connectivity index (χ0n) is 9.72. The Morgan fingerprint density at radius 2 is 1.55 bits per heavy atom. The van der Waals surface area contributed by atoms with Gasteiger partial charge in [-0.15, -0.1) is 0 Å². The van der Waals surface area contributed by atoms with E-state index in [-0.39, 0.29) is 0 Å². The highest BCUT2D eigenvalue weighted by atomic mass is 19.4. The summed E-state index contributed by atoms with van der Waals surface area (Å²) in [7, 11) is 0. The normalized spacial score (nSPS) is 13.2. The van der Waals surface area contributed by atoms with Crippen LogP contribution in [0.1, 0.15) is 0 Å². The lowest BCUT2D eigenvalue weighted by Crippen LogP contribution is -2.59. The average Bonchev–Trinajstić information content (AvgIpc) is 2.29. The van der Waals surface area contributed by atoms with Crippen LogP contribution in [-0.2, 0) is 14.3 Å². The van der Waals surface area contributed by atoms with Gasteiger partial charge in [-0.3, -0.25) is 0 Å². The van der Waals surface area contributed by atoms with Gasteiger partial charge in [-0.25, -0.2) is 4.79 Å². The predicted octanol–water partition coefficient (Wildman–Crippen LogP) is 0.908. The number of hydrogen-bond donors (Lipinski definition) is 2. The molecule has 0 aliphatic carbocycles. The molecule has 0 atom stereocenters. The number of rotatable bonds is 6. The van der Waals surface area contributed by atoms with Crippen molar-refractivity contribution >= 4 is 5.97 Å². The lowest BCUT2D eigenvalue weighted by Gasteiger charge is -2.31. The van der Waals surface area contributed by atoms with Gasteiger partial charge in [0.2, 0.25) is 0 Å². The molecule has 0 aliphatic heterocycles. The van der Waals surface area contributed by atoms with E-state index in [2.05, 4.69) is 16.1 Å². The maximum absolute atomic E-state index is 12.2. The number of halogens is 6. The Kier molecular flexibility index (Phi) is 5.99. The van der Waals surface area contributed by atoms with Crippen molar-refractivity contribution in [2.24, 2.45) is 0 Å². The van der Waals surface area contributed by atoms with Crippen LogP contribution in [0.2, 0.25) is 0 Å². The molecule has 0 bridgehead atoms. The highest BCUT2D eigenvalue weighted by molar-refractivity contribution is 5.87. The Morgan fingerprint density at radius 1 is 1.10 bits per heavy atom. The third kappa shape index (κ3) is 4.35. The Balaban J connectivity index is 4.82. The van der Waals surface area contributed by atoms with Crippen molar-refractivity contribution in [1.82, 2.24) is 0 Å². The van der Waals surface area contributed by atoms with E-state index in [1.165, 1.54) is 0 Å². The molecule has 0 aromatic heterocycles. The summed E-state index contributed by atoms with van der Waals surface area (Å²) in [6.45, 7) is 0.149. The molecule has 0 spiro atoms. The van der Waals surface area contributed by atoms with E-state index in [0.717, 1.165) is 0 Å². The van der Waals surface area contributed by atoms with E-state index in [4.69, 9.17) is 10.2 Å². The summed E-state index contributed by atoms with van der Waals surface area (Å²) in [5, 5.41) is 16.9. The van der Waals surface area contributed by atoms with Crippen molar-refractivity contribution in [1.29, 1.82) is 0 Å². The van der Waals surface area contributed by atoms with Crippen molar-refractivity contribution in [2.75, 3.05) is 19.8 Å². The summed E-state index contributed by atoms with van der Waals surface area (Å²) in [6, 6.07) is 0. The van der Waals surface area contributed by atoms with Crippen LogP contribution in [0.25, 0.3) is 0 Å². The minimum absolute atomic E-state index is 0.527. The summed E-state index contributed by atoms with van der Waals surface area (Å²) < 4.78 is 80.6. The summed E-state index contributed by atoms with van der Waals surface area (Å²) in [5.41, 5.74) is -0.898. The largest absolute Gasteiger partial charge is 0.460 e. The van der Waals surface area contributed by atoms with Gasteiger partial charge in [0.25, 0.3) is 0 Å². The fraction of sp³-hybridized carbons (Fsp3) is 0.667. The molecule has 0 fully saturated rings. The van der Waals surface area contributed by atoms with Gasteiger partial charge in [0, 0.05) is 0 Å². The minimum atomic E-state index is -6.17. The maximum Gasteiger partial charge on any atom is 0.453 e. The van der Waals surface area contributed by atoms with Gasteiger partial charge < -0.3 is 19.7 Å². The Bertz CT molecular complexity index is 347. The second-order valence-electron chi connectivity index (χ2n) is 3.39. The van der Waals surface area contributed by atoms with E-state index in [1.54, 1.807) is 0 Å². The first-order valence-electron chi connectivity index (χ1n) is 4.82. The highest BCUT2D eigenvalue weighted by Crippen LogP contribution is 2.43. The van der Waals surface area contributed by atoms with Crippen molar-refractivity contribution in [3.05, 3.63) is 12.2 Å². The molecule has 0 amide bonds. The number of carbonyl (C=O) groups excluding carboxylic acids is 1. The monoisotopic (exact) mass is 312 g/mol. The topological polar surface area (TPSA) is 76.0 Å². The van der Waals surface area contributed by atoms with Crippen molar-refractivity contribution in [3.63, 3.8) is 0 Å². The van der Waals surface area contributed by atoms with Crippen LogP contribution in [-0.4, -0.2) is 54.1 Å². The standard InChI is InChI=1S/C9H10F6O5/c1-5(6(17)19-3-2-16)4-20-7(18,8(10,11)12)9(13,14)15/h16,18H,1-4H2. The van der Waals surface area contributed by atoms with Crippen molar-refractivity contribution < 1.29 is 50.8 Å². The molecule has 0 aliphatic rings. The molecule has 118 valence electrons. The SMILES string of the molecule is C=C(COC(O)(C(F)(F)F)C(F)(F)F)C(=O)OCCO. The smallest absolute Gasteiger partial charge is 0.453 e. The Hall–Kier alpha value is -1.33. The number of esters is 1. The molecule has 0 saturated heterocycles. The molecule has 2 N–H and O–H groups in total. The molecular weight excluding hydrogens is 302 g/mol. The molecule has 0 unspecified atom stereocenters. The highest BCUT2D eigenvalue weighted by Gasteiger charge is 2.72. The molecule has 0 radical (unpaired) electrons. The van der Waals surface area contributed by atoms with Crippen LogP contribution in [0.5, 0.6) is 0 Å². The summed E-state index contributed by atoms with van der Waals surface area (Å²) >= 11 is 0. The zero-order valence-corrected chi connectivity index (χ0v) is 9.72. The van der Waals surface area contributed by atoms with Gasteiger partial charge in [-0.2, -0.15) is 26.3 Å². The quantitative estimate of drug-likeness (QED) is 0.330. The van der Waals surface area contributed by atoms with Crippen LogP contribution in [0.3, 0.4) is 0 Å². The lowest BCUT2D eigenvalue weighted by molar-refractivity contribution is -0.455. The van der Waals surface area contributed by atoms with Crippen LogP contribution >= 0.6 is 0 Å². The first-order valence-corrected chi connectivity index (χ1v) is 4.82. The third-order valence-corrected chi connectivity index (χ3v) is 1.84. The van der Waals surface area contributed by atoms with Crippen molar-refractivity contribution in [3.8, 4) is 0 Å². The molecule has 0 heterocycles. The van der Waals surface area contributed by atoms with Gasteiger partial charge in [-0.1, -0.05) is 6.58 Å². The van der Waals surface area contributed by atoms with E-state index in [9.17, 15) is 31.1 Å². The van der Waals surface area contributed by atoms with Gasteiger partial charge in [-0.05, 0) is 0 Å². The van der Waals surface area contributed by atoms with Crippen LogP contribution in [0.4, 0.5) is 26.3 Å². The fourth-order valence-electron chi connectivity index (χ4n) is 0.815. The third-order valence-electron chi connectivity index (χ3n) is 1.84. The first-order chi connectivity index (χ1) is 8.87. The molecule has 0 saturated carbocycles. The second kappa shape index (κ2) is 6.41. The molecule has 0 aromatic rings. The van der Waals surface area contributed by atoms with Gasteiger partial charge in [0.05, 0.1) is 18.8 Å². The second-order valence-corrected chi connectivity index (χ2v) is 3.39. The molecule has 11 heteroatoms. The van der Waals surface area contributed by atoms with E-state index < -0.39 is 49.5 Å². The summed E-state index contributed by atoms with van der Waals surface area (Å²) in [5.74, 6) is -6.80. The average molecular weight is 312 g/mol. The molecule has 20 heavy (non-hydrogen) atoms. The van der Waals surface area contributed by atoms with Gasteiger partial charge >= 0.3 is 24.1 Å². The summed E-state index contributed by atoms with van der Waals surface area (Å²) in [6.07, 6.45) is -12.3. The summed E-state index contributed by atoms with van der Waals surface area (Å²) in [4.78, 5) is 11.0. The van der Waals surface area contributed by atoms with Gasteiger partial charge in [0.15, 0.2) is 0 Å². The fourth-order valence-corrected chi connectivity index (χ4v) is 0.815. The molecule has 0 aromatic carbocycles. The Labute approximate surface area is 108 Å². The van der Waals surface area contributed by atoms with Crippen LogP contribution < -0.4 is 0 Å². The van der Waals surface area contributed by atoms with Crippen LogP contribution in [0, 0.1) is 0 Å². The molecule has 0 rings (SSSR count). The minimum Gasteiger partial charge on any atom is -0.460 e. The van der Waals surface area contributed by atoms with E-state index in [1.807, 2.05) is 0 Å². The number of carbonyl (C=O) groups is 1. The number of alkyl halides is 6. The van der Waals surface area contributed by atoms with E-state index in [0.29, 0.717) is 0 Å². The zero-order chi connectivity index (χ0) is 16.2. The first kappa shape index (κ1) is 18.7. The van der Waals surface area contributed by atoms with Crippen LogP contribution in [0.15, 0.2) is 12.2 Å². The van der Waals surface area contributed by atoms with Gasteiger partial charge in [0.1, 0.15) is 6.61 Å². The predicted molar refractivity (Wildman–Crippen MR) is 50.2 cm³/mol. The van der Waals surface area contributed by atoms with E-state index >= 15 is 0 Å². The molecular formula is C9H10F6O5. The Morgan fingerprint density at radius 3 is 1.90 bits per heavy atom. The number of hydrogen-bond acceptors (Lipinski definition) is 5. The maximum atomic E-state index is 12.2. The molecule has 5 nitrogen and oxygen atoms in total. The number of aliphatic hydroxyl groups is 2. The number of ether oxygens (including phenoxy) is 2. The lowest BCUT2D eigenvalue weighted by atomic mass is 10.2.